The van der Waals surface area contributed by atoms with Crippen molar-refractivity contribution in [3.05, 3.63) is 65.5 Å². The minimum atomic E-state index is -0.931. The maximum Gasteiger partial charge on any atom is 0.335 e. The number of carboxylic acids is 1. The maximum atomic E-state index is 10.7. The molecule has 3 aromatic rings. The SMILES string of the molecule is O=C(O)c1ccc(C=Cc2nc3ccccc3o2)cc1. The normalized spacial score (nSPS) is 11.2. The number of oxazole rings is 1. The highest BCUT2D eigenvalue weighted by atomic mass is 16.4. The van der Waals surface area contributed by atoms with Crippen LogP contribution in [0.2, 0.25) is 0 Å². The van der Waals surface area contributed by atoms with E-state index in [1.807, 2.05) is 30.3 Å². The van der Waals surface area contributed by atoms with E-state index in [0.29, 0.717) is 5.89 Å². The van der Waals surface area contributed by atoms with Gasteiger partial charge in [0.25, 0.3) is 0 Å². The number of rotatable bonds is 3. The summed E-state index contributed by atoms with van der Waals surface area (Å²) in [5, 5.41) is 8.82. The van der Waals surface area contributed by atoms with Crippen molar-refractivity contribution in [1.29, 1.82) is 0 Å². The minimum Gasteiger partial charge on any atom is -0.478 e. The smallest absolute Gasteiger partial charge is 0.335 e. The summed E-state index contributed by atoms with van der Waals surface area (Å²) in [6, 6.07) is 14.2. The summed E-state index contributed by atoms with van der Waals surface area (Å²) in [4.78, 5) is 15.1. The van der Waals surface area contributed by atoms with Crippen LogP contribution in [0.3, 0.4) is 0 Å². The van der Waals surface area contributed by atoms with E-state index in [4.69, 9.17) is 9.52 Å². The van der Waals surface area contributed by atoms with Gasteiger partial charge in [-0.2, -0.15) is 0 Å². The van der Waals surface area contributed by atoms with Crippen molar-refractivity contribution in [2.24, 2.45) is 0 Å². The fraction of sp³-hybridized carbons (Fsp3) is 0. The first-order valence-corrected chi connectivity index (χ1v) is 6.09. The first-order valence-electron chi connectivity index (χ1n) is 6.09. The number of aromatic nitrogens is 1. The Hall–Kier alpha value is -2.88. The van der Waals surface area contributed by atoms with E-state index >= 15 is 0 Å². The lowest BCUT2D eigenvalue weighted by molar-refractivity contribution is 0.0697. The van der Waals surface area contributed by atoms with Crippen LogP contribution in [-0.2, 0) is 0 Å². The molecule has 4 nitrogen and oxygen atoms in total. The van der Waals surface area contributed by atoms with Gasteiger partial charge in [-0.25, -0.2) is 9.78 Å². The Balaban J connectivity index is 1.84. The van der Waals surface area contributed by atoms with E-state index in [9.17, 15) is 4.79 Å². The number of benzene rings is 2. The number of para-hydroxylation sites is 2. The first kappa shape index (κ1) is 12.2. The molecule has 0 aliphatic carbocycles. The average Bonchev–Trinajstić information content (AvgIpc) is 2.88. The van der Waals surface area contributed by atoms with E-state index in [1.54, 1.807) is 30.3 Å². The van der Waals surface area contributed by atoms with Crippen molar-refractivity contribution in [3.63, 3.8) is 0 Å². The number of hydrogen-bond acceptors (Lipinski definition) is 3. The highest BCUT2D eigenvalue weighted by Crippen LogP contribution is 2.16. The van der Waals surface area contributed by atoms with Gasteiger partial charge in [0, 0.05) is 6.08 Å². The van der Waals surface area contributed by atoms with Crippen LogP contribution < -0.4 is 0 Å². The molecule has 98 valence electrons. The molecule has 0 amide bonds. The first-order chi connectivity index (χ1) is 9.72. The second kappa shape index (κ2) is 5.01. The molecule has 3 rings (SSSR count). The van der Waals surface area contributed by atoms with Crippen LogP contribution in [0.4, 0.5) is 0 Å². The molecule has 0 spiro atoms. The summed E-state index contributed by atoms with van der Waals surface area (Å²) in [7, 11) is 0. The summed E-state index contributed by atoms with van der Waals surface area (Å²) in [5.74, 6) is -0.409. The predicted molar refractivity (Wildman–Crippen MR) is 76.3 cm³/mol. The third kappa shape index (κ3) is 2.44. The van der Waals surface area contributed by atoms with Crippen LogP contribution in [-0.4, -0.2) is 16.1 Å². The molecule has 2 aromatic carbocycles. The zero-order chi connectivity index (χ0) is 13.9. The highest BCUT2D eigenvalue weighted by molar-refractivity contribution is 5.88. The van der Waals surface area contributed by atoms with Gasteiger partial charge in [0.2, 0.25) is 5.89 Å². The second-order valence-electron chi connectivity index (χ2n) is 4.28. The molecule has 1 aromatic heterocycles. The molecule has 0 radical (unpaired) electrons. The average molecular weight is 265 g/mol. The monoisotopic (exact) mass is 265 g/mol. The molecule has 20 heavy (non-hydrogen) atoms. The lowest BCUT2D eigenvalue weighted by Crippen LogP contribution is -1.94. The van der Waals surface area contributed by atoms with E-state index in [-0.39, 0.29) is 5.56 Å². The Morgan fingerprint density at radius 1 is 1.05 bits per heavy atom. The number of carboxylic acid groups (broad SMARTS) is 1. The number of carbonyl (C=O) groups is 1. The predicted octanol–water partition coefficient (Wildman–Crippen LogP) is 3.70. The van der Waals surface area contributed by atoms with E-state index in [0.717, 1.165) is 16.7 Å². The Morgan fingerprint density at radius 3 is 2.50 bits per heavy atom. The van der Waals surface area contributed by atoms with Gasteiger partial charge in [0.05, 0.1) is 5.56 Å². The molecule has 0 atom stereocenters. The van der Waals surface area contributed by atoms with Gasteiger partial charge < -0.3 is 9.52 Å². The zero-order valence-corrected chi connectivity index (χ0v) is 10.5. The minimum absolute atomic E-state index is 0.268. The van der Waals surface area contributed by atoms with Crippen LogP contribution in [0.5, 0.6) is 0 Å². The molecule has 0 fully saturated rings. The van der Waals surface area contributed by atoms with Crippen LogP contribution in [0.25, 0.3) is 23.3 Å². The molecular formula is C16H11NO3. The Labute approximate surface area is 115 Å². The van der Waals surface area contributed by atoms with Gasteiger partial charge in [0.1, 0.15) is 5.52 Å². The summed E-state index contributed by atoms with van der Waals surface area (Å²) in [5.41, 5.74) is 2.71. The highest BCUT2D eigenvalue weighted by Gasteiger charge is 2.02. The molecule has 0 saturated carbocycles. The van der Waals surface area contributed by atoms with E-state index < -0.39 is 5.97 Å². The summed E-state index contributed by atoms with van der Waals surface area (Å²) in [6.07, 6.45) is 3.59. The third-order valence-corrected chi connectivity index (χ3v) is 2.89. The molecule has 0 bridgehead atoms. The standard InChI is InChI=1S/C16H11NO3/c18-16(19)12-8-5-11(6-9-12)7-10-15-17-13-3-1-2-4-14(13)20-15/h1-10H,(H,18,19). The largest absolute Gasteiger partial charge is 0.478 e. The van der Waals surface area contributed by atoms with Gasteiger partial charge in [-0.3, -0.25) is 0 Å². The number of fused-ring (bicyclic) bond motifs is 1. The molecule has 1 N–H and O–H groups in total. The Kier molecular flexibility index (Phi) is 3.05. The molecular weight excluding hydrogens is 254 g/mol. The van der Waals surface area contributed by atoms with Crippen LogP contribution in [0.1, 0.15) is 21.8 Å². The maximum absolute atomic E-state index is 10.7. The van der Waals surface area contributed by atoms with Crippen LogP contribution >= 0.6 is 0 Å². The zero-order valence-electron chi connectivity index (χ0n) is 10.5. The van der Waals surface area contributed by atoms with Crippen molar-refractivity contribution < 1.29 is 14.3 Å². The summed E-state index contributed by atoms with van der Waals surface area (Å²) in [6.45, 7) is 0. The van der Waals surface area contributed by atoms with Crippen molar-refractivity contribution in [1.82, 2.24) is 4.98 Å². The fourth-order valence-corrected chi connectivity index (χ4v) is 1.87. The second-order valence-corrected chi connectivity index (χ2v) is 4.28. The molecule has 0 aliphatic heterocycles. The lowest BCUT2D eigenvalue weighted by Gasteiger charge is -1.95. The van der Waals surface area contributed by atoms with Gasteiger partial charge in [-0.15, -0.1) is 0 Å². The van der Waals surface area contributed by atoms with E-state index in [2.05, 4.69) is 4.98 Å². The lowest BCUT2D eigenvalue weighted by atomic mass is 10.1. The Morgan fingerprint density at radius 2 is 1.80 bits per heavy atom. The molecule has 0 unspecified atom stereocenters. The quantitative estimate of drug-likeness (QED) is 0.784. The van der Waals surface area contributed by atoms with Gasteiger partial charge in [-0.1, -0.05) is 24.3 Å². The van der Waals surface area contributed by atoms with Crippen molar-refractivity contribution in [3.8, 4) is 0 Å². The van der Waals surface area contributed by atoms with Crippen molar-refractivity contribution in [2.75, 3.05) is 0 Å². The summed E-state index contributed by atoms with van der Waals surface area (Å²) >= 11 is 0. The Bertz CT molecular complexity index is 752. The molecule has 4 heteroatoms. The van der Waals surface area contributed by atoms with Crippen molar-refractivity contribution in [2.45, 2.75) is 0 Å². The third-order valence-electron chi connectivity index (χ3n) is 2.89. The van der Waals surface area contributed by atoms with Crippen LogP contribution in [0.15, 0.2) is 52.9 Å². The van der Waals surface area contributed by atoms with Gasteiger partial charge >= 0.3 is 5.97 Å². The van der Waals surface area contributed by atoms with Gasteiger partial charge in [-0.05, 0) is 35.9 Å². The molecule has 0 aliphatic rings. The number of hydrogen-bond donors (Lipinski definition) is 1. The van der Waals surface area contributed by atoms with E-state index in [1.165, 1.54) is 0 Å². The molecule has 1 heterocycles. The summed E-state index contributed by atoms with van der Waals surface area (Å²) < 4.78 is 5.56. The fourth-order valence-electron chi connectivity index (χ4n) is 1.87. The molecule has 0 saturated heterocycles. The van der Waals surface area contributed by atoms with Crippen molar-refractivity contribution >= 4 is 29.2 Å². The van der Waals surface area contributed by atoms with Gasteiger partial charge in [0.15, 0.2) is 5.58 Å². The topological polar surface area (TPSA) is 63.3 Å². The number of nitrogens with zero attached hydrogens (tertiary/aromatic N) is 1. The number of aromatic carboxylic acids is 1. The van der Waals surface area contributed by atoms with Crippen LogP contribution in [0, 0.1) is 0 Å².